The summed E-state index contributed by atoms with van der Waals surface area (Å²) in [5.41, 5.74) is 2.01. The number of rotatable bonds is 8. The van der Waals surface area contributed by atoms with Crippen molar-refractivity contribution in [1.29, 1.82) is 0 Å². The van der Waals surface area contributed by atoms with E-state index in [0.29, 0.717) is 28.3 Å². The number of amides is 1. The van der Waals surface area contributed by atoms with Gasteiger partial charge in [0.05, 0.1) is 0 Å². The molecule has 2 aromatic heterocycles. The minimum absolute atomic E-state index is 0.183. The maximum Gasteiger partial charge on any atom is 0.227 e. The van der Waals surface area contributed by atoms with Gasteiger partial charge in [0.25, 0.3) is 0 Å². The fourth-order valence-corrected chi connectivity index (χ4v) is 4.36. The van der Waals surface area contributed by atoms with Crippen LogP contribution in [0.15, 0.2) is 63.5 Å². The number of hydrogen-bond acceptors (Lipinski definition) is 8. The predicted octanol–water partition coefficient (Wildman–Crippen LogP) is 5.11. The van der Waals surface area contributed by atoms with E-state index >= 15 is 0 Å². The Morgan fingerprint density at radius 1 is 1.10 bits per heavy atom. The Morgan fingerprint density at radius 2 is 1.90 bits per heavy atom. The largest absolute Gasteiger partial charge is 0.339 e. The number of thioether (sulfide) groups is 1. The third-order valence-electron chi connectivity index (χ3n) is 3.99. The van der Waals surface area contributed by atoms with E-state index in [0.717, 1.165) is 15.7 Å². The van der Waals surface area contributed by atoms with Crippen LogP contribution in [0.1, 0.15) is 17.9 Å². The summed E-state index contributed by atoms with van der Waals surface area (Å²) in [5, 5.41) is 16.0. The highest BCUT2D eigenvalue weighted by molar-refractivity contribution is 8.00. The minimum atomic E-state index is -0.183. The quantitative estimate of drug-likeness (QED) is 0.290. The van der Waals surface area contributed by atoms with Gasteiger partial charge >= 0.3 is 0 Å². The average molecular weight is 458 g/mol. The standard InChI is InChI=1S/C20H16ClN5O2S2/c21-15-8-6-14(7-9-15)18-23-17(28-26-18)11-10-16(27)22-19-24-25-20(30-19)29-12-13-4-2-1-3-5-13/h1-9H,10-12H2,(H,22,24,27). The van der Waals surface area contributed by atoms with Crippen LogP contribution >= 0.6 is 34.7 Å². The molecule has 4 rings (SSSR count). The molecule has 7 nitrogen and oxygen atoms in total. The number of benzene rings is 2. The summed E-state index contributed by atoms with van der Waals surface area (Å²) in [6.45, 7) is 0. The van der Waals surface area contributed by atoms with Gasteiger partial charge in [0.15, 0.2) is 4.34 Å². The minimum Gasteiger partial charge on any atom is -0.339 e. The lowest BCUT2D eigenvalue weighted by Gasteiger charge is -1.98. The molecule has 0 radical (unpaired) electrons. The summed E-state index contributed by atoms with van der Waals surface area (Å²) in [7, 11) is 0. The molecule has 2 heterocycles. The Kier molecular flexibility index (Phi) is 6.73. The topological polar surface area (TPSA) is 93.8 Å². The molecule has 0 aliphatic rings. The Bertz CT molecular complexity index is 1120. The van der Waals surface area contributed by atoms with Crippen molar-refractivity contribution in [1.82, 2.24) is 20.3 Å². The van der Waals surface area contributed by atoms with Crippen molar-refractivity contribution in [2.24, 2.45) is 0 Å². The first-order valence-electron chi connectivity index (χ1n) is 9.04. The molecule has 4 aromatic rings. The third kappa shape index (κ3) is 5.65. The molecule has 152 valence electrons. The van der Waals surface area contributed by atoms with Gasteiger partial charge in [0, 0.05) is 29.2 Å². The second-order valence-electron chi connectivity index (χ2n) is 6.21. The molecule has 30 heavy (non-hydrogen) atoms. The van der Waals surface area contributed by atoms with Crippen LogP contribution in [-0.4, -0.2) is 26.2 Å². The number of nitrogens with one attached hydrogen (secondary N) is 1. The van der Waals surface area contributed by atoms with Gasteiger partial charge < -0.3 is 9.84 Å². The van der Waals surface area contributed by atoms with Crippen LogP contribution in [0.25, 0.3) is 11.4 Å². The normalized spacial score (nSPS) is 10.8. The summed E-state index contributed by atoms with van der Waals surface area (Å²) >= 11 is 8.82. The molecule has 10 heteroatoms. The molecule has 2 aromatic carbocycles. The number of anilines is 1. The first-order chi connectivity index (χ1) is 14.7. The number of carbonyl (C=O) groups excluding carboxylic acids is 1. The highest BCUT2D eigenvalue weighted by Gasteiger charge is 2.13. The molecular formula is C20H16ClN5O2S2. The van der Waals surface area contributed by atoms with Crippen LogP contribution in [0.2, 0.25) is 5.02 Å². The van der Waals surface area contributed by atoms with Crippen molar-refractivity contribution in [3.8, 4) is 11.4 Å². The summed E-state index contributed by atoms with van der Waals surface area (Å²) in [6.07, 6.45) is 0.537. The highest BCUT2D eigenvalue weighted by Crippen LogP contribution is 2.28. The van der Waals surface area contributed by atoms with E-state index in [4.69, 9.17) is 16.1 Å². The molecular weight excluding hydrogens is 442 g/mol. The molecule has 0 fully saturated rings. The second-order valence-corrected chi connectivity index (χ2v) is 8.85. The van der Waals surface area contributed by atoms with Crippen molar-refractivity contribution < 1.29 is 9.32 Å². The van der Waals surface area contributed by atoms with Crippen molar-refractivity contribution >= 4 is 45.7 Å². The number of nitrogens with zero attached hydrogens (tertiary/aromatic N) is 4. The SMILES string of the molecule is O=C(CCc1nc(-c2ccc(Cl)cc2)no1)Nc1nnc(SCc2ccccc2)s1. The van der Waals surface area contributed by atoms with Gasteiger partial charge in [-0.05, 0) is 29.8 Å². The van der Waals surface area contributed by atoms with Crippen molar-refractivity contribution in [3.63, 3.8) is 0 Å². The number of aryl methyl sites for hydroxylation is 1. The van der Waals surface area contributed by atoms with Gasteiger partial charge in [0.1, 0.15) is 0 Å². The van der Waals surface area contributed by atoms with Crippen LogP contribution in [0.3, 0.4) is 0 Å². The number of aromatic nitrogens is 4. The first-order valence-corrected chi connectivity index (χ1v) is 11.2. The number of carbonyl (C=O) groups is 1. The maximum atomic E-state index is 12.2. The van der Waals surface area contributed by atoms with Crippen molar-refractivity contribution in [2.75, 3.05) is 5.32 Å². The van der Waals surface area contributed by atoms with Crippen LogP contribution in [0.4, 0.5) is 5.13 Å². The summed E-state index contributed by atoms with van der Waals surface area (Å²) in [5.74, 6) is 1.48. The van der Waals surface area contributed by atoms with Crippen molar-refractivity contribution in [2.45, 2.75) is 22.9 Å². The van der Waals surface area contributed by atoms with E-state index in [1.807, 2.05) is 30.3 Å². The molecule has 0 saturated carbocycles. The van der Waals surface area contributed by atoms with Gasteiger partial charge in [-0.25, -0.2) is 0 Å². The zero-order chi connectivity index (χ0) is 20.8. The van der Waals surface area contributed by atoms with Crippen molar-refractivity contribution in [3.05, 3.63) is 71.1 Å². The fourth-order valence-electron chi connectivity index (χ4n) is 2.51. The van der Waals surface area contributed by atoms with Gasteiger partial charge in [-0.1, -0.05) is 70.2 Å². The van der Waals surface area contributed by atoms with Gasteiger partial charge in [0.2, 0.25) is 22.8 Å². The number of halogens is 1. The molecule has 0 unspecified atom stereocenters. The zero-order valence-electron chi connectivity index (χ0n) is 15.6. The molecule has 0 aliphatic heterocycles. The molecule has 0 atom stereocenters. The average Bonchev–Trinajstić information content (AvgIpc) is 3.42. The van der Waals surface area contributed by atoms with Crippen LogP contribution in [-0.2, 0) is 17.0 Å². The first kappa shape index (κ1) is 20.5. The van der Waals surface area contributed by atoms with E-state index < -0.39 is 0 Å². The maximum absolute atomic E-state index is 12.2. The van der Waals surface area contributed by atoms with E-state index in [-0.39, 0.29) is 12.3 Å². The van der Waals surface area contributed by atoms with Gasteiger partial charge in [-0.3, -0.25) is 4.79 Å². The van der Waals surface area contributed by atoms with E-state index in [9.17, 15) is 4.79 Å². The van der Waals surface area contributed by atoms with E-state index in [2.05, 4.69) is 37.8 Å². The molecule has 0 bridgehead atoms. The molecule has 1 amide bonds. The Hall–Kier alpha value is -2.75. The third-order valence-corrected chi connectivity index (χ3v) is 6.29. The Morgan fingerprint density at radius 3 is 2.70 bits per heavy atom. The van der Waals surface area contributed by atoms with E-state index in [1.165, 1.54) is 16.9 Å². The van der Waals surface area contributed by atoms with Gasteiger partial charge in [-0.2, -0.15) is 4.98 Å². The molecule has 0 saturated heterocycles. The van der Waals surface area contributed by atoms with Crippen LogP contribution in [0.5, 0.6) is 0 Å². The Balaban J connectivity index is 1.25. The second kappa shape index (κ2) is 9.84. The number of hydrogen-bond donors (Lipinski definition) is 1. The monoisotopic (exact) mass is 457 g/mol. The zero-order valence-corrected chi connectivity index (χ0v) is 18.0. The lowest BCUT2D eigenvalue weighted by atomic mass is 10.2. The Labute approximate surface area is 185 Å². The predicted molar refractivity (Wildman–Crippen MR) is 118 cm³/mol. The smallest absolute Gasteiger partial charge is 0.227 e. The molecule has 0 aliphatic carbocycles. The summed E-state index contributed by atoms with van der Waals surface area (Å²) < 4.78 is 6.03. The summed E-state index contributed by atoms with van der Waals surface area (Å²) in [4.78, 5) is 16.5. The lowest BCUT2D eigenvalue weighted by Crippen LogP contribution is -2.12. The molecule has 0 spiro atoms. The van der Waals surface area contributed by atoms with Crippen LogP contribution in [0, 0.1) is 0 Å². The van der Waals surface area contributed by atoms with E-state index in [1.54, 1.807) is 23.9 Å². The fraction of sp³-hybridized carbons (Fsp3) is 0.150. The summed E-state index contributed by atoms with van der Waals surface area (Å²) in [6, 6.07) is 17.3. The van der Waals surface area contributed by atoms with Gasteiger partial charge in [-0.15, -0.1) is 10.2 Å². The lowest BCUT2D eigenvalue weighted by molar-refractivity contribution is -0.116. The highest BCUT2D eigenvalue weighted by atomic mass is 35.5. The van der Waals surface area contributed by atoms with Crippen LogP contribution < -0.4 is 5.32 Å². The molecule has 1 N–H and O–H groups in total.